The zero-order chi connectivity index (χ0) is 13.3. The molecule has 3 aliphatic rings. The van der Waals surface area contributed by atoms with Crippen molar-refractivity contribution in [2.24, 2.45) is 4.99 Å². The Morgan fingerprint density at radius 1 is 1.42 bits per heavy atom. The van der Waals surface area contributed by atoms with Gasteiger partial charge in [-0.25, -0.2) is 0 Å². The third-order valence-electron chi connectivity index (χ3n) is 4.59. The van der Waals surface area contributed by atoms with Crippen molar-refractivity contribution in [1.29, 1.82) is 0 Å². The van der Waals surface area contributed by atoms with E-state index in [0.29, 0.717) is 24.8 Å². The lowest BCUT2D eigenvalue weighted by Gasteiger charge is -2.35. The van der Waals surface area contributed by atoms with Crippen LogP contribution in [-0.2, 0) is 4.74 Å². The first-order valence-corrected chi connectivity index (χ1v) is 7.61. The summed E-state index contributed by atoms with van der Waals surface area (Å²) in [6.07, 6.45) is 7.12. The topological polar surface area (TPSA) is 65.9 Å². The molecule has 5 heteroatoms. The summed E-state index contributed by atoms with van der Waals surface area (Å²) in [5.41, 5.74) is -0.548. The summed E-state index contributed by atoms with van der Waals surface area (Å²) in [6, 6.07) is 0.382. The van der Waals surface area contributed by atoms with E-state index in [1.54, 1.807) is 0 Å². The molecule has 2 saturated heterocycles. The van der Waals surface area contributed by atoms with Crippen molar-refractivity contribution in [3.05, 3.63) is 0 Å². The van der Waals surface area contributed by atoms with E-state index < -0.39 is 5.60 Å². The predicted octanol–water partition coefficient (Wildman–Crippen LogP) is 0.776. The van der Waals surface area contributed by atoms with Gasteiger partial charge in [-0.05, 0) is 45.4 Å². The number of fused-ring (bicyclic) bond motifs is 2. The maximum absolute atomic E-state index is 10.1. The molecule has 3 N–H and O–H groups in total. The lowest BCUT2D eigenvalue weighted by atomic mass is 9.80. The molecule has 3 fully saturated rings. The van der Waals surface area contributed by atoms with E-state index in [-0.39, 0.29) is 0 Å². The highest BCUT2D eigenvalue weighted by Gasteiger charge is 2.41. The Bertz CT molecular complexity index is 355. The van der Waals surface area contributed by atoms with Crippen molar-refractivity contribution >= 4 is 5.96 Å². The number of aliphatic hydroxyl groups is 1. The summed E-state index contributed by atoms with van der Waals surface area (Å²) in [5.74, 6) is 0.823. The lowest BCUT2D eigenvalue weighted by Crippen LogP contribution is -2.48. The molecule has 0 amide bonds. The highest BCUT2D eigenvalue weighted by molar-refractivity contribution is 5.80. The largest absolute Gasteiger partial charge is 0.388 e. The fourth-order valence-corrected chi connectivity index (χ4v) is 3.25. The van der Waals surface area contributed by atoms with Gasteiger partial charge in [-0.15, -0.1) is 0 Å². The maximum atomic E-state index is 10.1. The minimum Gasteiger partial charge on any atom is -0.388 e. The van der Waals surface area contributed by atoms with Gasteiger partial charge in [0.05, 0.1) is 30.4 Å². The summed E-state index contributed by atoms with van der Waals surface area (Å²) < 4.78 is 5.85. The van der Waals surface area contributed by atoms with Crippen LogP contribution in [0, 0.1) is 0 Å². The smallest absolute Gasteiger partial charge is 0.191 e. The summed E-state index contributed by atoms with van der Waals surface area (Å²) >= 11 is 0. The van der Waals surface area contributed by atoms with Crippen LogP contribution in [-0.4, -0.2) is 48.0 Å². The molecule has 2 bridgehead atoms. The Morgan fingerprint density at radius 3 is 2.79 bits per heavy atom. The van der Waals surface area contributed by atoms with Crippen LogP contribution in [0.15, 0.2) is 4.99 Å². The minimum atomic E-state index is -0.548. The molecular formula is C14H25N3O2. The van der Waals surface area contributed by atoms with Crippen molar-refractivity contribution in [3.8, 4) is 0 Å². The van der Waals surface area contributed by atoms with Crippen LogP contribution in [0.1, 0.15) is 45.4 Å². The summed E-state index contributed by atoms with van der Waals surface area (Å²) in [6.45, 7) is 3.41. The number of guanidine groups is 1. The molecule has 3 rings (SSSR count). The zero-order valence-corrected chi connectivity index (χ0v) is 11.7. The minimum absolute atomic E-state index is 0.348. The zero-order valence-electron chi connectivity index (χ0n) is 11.7. The molecule has 0 aromatic rings. The number of ether oxygens (including phenoxy) is 1. The average Bonchev–Trinajstić information content (AvgIpc) is 2.96. The Balaban J connectivity index is 1.56. The molecule has 19 heavy (non-hydrogen) atoms. The molecule has 2 aliphatic heterocycles. The van der Waals surface area contributed by atoms with Crippen LogP contribution < -0.4 is 10.6 Å². The summed E-state index contributed by atoms with van der Waals surface area (Å²) in [7, 11) is 0. The first-order chi connectivity index (χ1) is 9.18. The normalized spacial score (nSPS) is 36.1. The van der Waals surface area contributed by atoms with Gasteiger partial charge in [0.1, 0.15) is 0 Å². The van der Waals surface area contributed by atoms with Gasteiger partial charge in [-0.1, -0.05) is 0 Å². The summed E-state index contributed by atoms with van der Waals surface area (Å²) in [4.78, 5) is 4.54. The van der Waals surface area contributed by atoms with E-state index in [2.05, 4.69) is 22.5 Å². The van der Waals surface area contributed by atoms with Crippen LogP contribution in [0.2, 0.25) is 0 Å². The lowest BCUT2D eigenvalue weighted by molar-refractivity contribution is -0.0236. The second-order valence-corrected chi connectivity index (χ2v) is 6.13. The van der Waals surface area contributed by atoms with Crippen molar-refractivity contribution in [2.45, 2.75) is 69.3 Å². The summed E-state index contributed by atoms with van der Waals surface area (Å²) in [5, 5.41) is 16.8. The molecule has 0 radical (unpaired) electrons. The molecule has 2 heterocycles. The number of hydrogen-bond acceptors (Lipinski definition) is 3. The molecule has 1 aliphatic carbocycles. The van der Waals surface area contributed by atoms with Gasteiger partial charge in [-0.3, -0.25) is 4.99 Å². The van der Waals surface area contributed by atoms with Gasteiger partial charge < -0.3 is 20.5 Å². The van der Waals surface area contributed by atoms with Crippen molar-refractivity contribution in [1.82, 2.24) is 10.6 Å². The second kappa shape index (κ2) is 5.29. The Morgan fingerprint density at radius 2 is 2.26 bits per heavy atom. The first kappa shape index (κ1) is 13.2. The quantitative estimate of drug-likeness (QED) is 0.520. The average molecular weight is 267 g/mol. The van der Waals surface area contributed by atoms with Gasteiger partial charge in [0, 0.05) is 6.54 Å². The van der Waals surface area contributed by atoms with E-state index in [0.717, 1.165) is 44.6 Å². The van der Waals surface area contributed by atoms with E-state index in [1.807, 2.05) is 0 Å². The molecule has 0 aromatic carbocycles. The van der Waals surface area contributed by atoms with Gasteiger partial charge in [-0.2, -0.15) is 0 Å². The van der Waals surface area contributed by atoms with E-state index in [1.165, 1.54) is 6.42 Å². The number of hydrogen-bond donors (Lipinski definition) is 3. The molecule has 0 aromatic heterocycles. The van der Waals surface area contributed by atoms with Gasteiger partial charge in [0.25, 0.3) is 0 Å². The number of nitrogens with zero attached hydrogens (tertiary/aromatic N) is 1. The predicted molar refractivity (Wildman–Crippen MR) is 74.2 cm³/mol. The van der Waals surface area contributed by atoms with Gasteiger partial charge in [0.15, 0.2) is 5.96 Å². The maximum Gasteiger partial charge on any atom is 0.191 e. The number of aliphatic imine (C=N–C) groups is 1. The van der Waals surface area contributed by atoms with Crippen LogP contribution in [0.4, 0.5) is 0 Å². The van der Waals surface area contributed by atoms with Crippen LogP contribution in [0.3, 0.4) is 0 Å². The van der Waals surface area contributed by atoms with Gasteiger partial charge >= 0.3 is 0 Å². The SMILES string of the molecule is CCNC(=NCC1(O)CCC1)NC1CC2CCC1O2. The van der Waals surface area contributed by atoms with Gasteiger partial charge in [0.2, 0.25) is 0 Å². The Labute approximate surface area is 114 Å². The highest BCUT2D eigenvalue weighted by atomic mass is 16.5. The van der Waals surface area contributed by atoms with Crippen molar-refractivity contribution < 1.29 is 9.84 Å². The molecule has 1 saturated carbocycles. The monoisotopic (exact) mass is 267 g/mol. The Hall–Kier alpha value is -0.810. The fraction of sp³-hybridized carbons (Fsp3) is 0.929. The van der Waals surface area contributed by atoms with Crippen molar-refractivity contribution in [3.63, 3.8) is 0 Å². The van der Waals surface area contributed by atoms with Crippen molar-refractivity contribution in [2.75, 3.05) is 13.1 Å². The number of rotatable bonds is 4. The molecule has 3 unspecified atom stereocenters. The molecule has 0 spiro atoms. The highest BCUT2D eigenvalue weighted by Crippen LogP contribution is 2.34. The van der Waals surface area contributed by atoms with E-state index in [9.17, 15) is 5.11 Å². The Kier molecular flexibility index (Phi) is 3.67. The van der Waals surface area contributed by atoms with E-state index in [4.69, 9.17) is 4.74 Å². The van der Waals surface area contributed by atoms with Crippen LogP contribution in [0.25, 0.3) is 0 Å². The second-order valence-electron chi connectivity index (χ2n) is 6.13. The standard InChI is InChI=1S/C14H25N3O2/c1-2-15-13(16-9-14(18)6-3-7-14)17-11-8-10-4-5-12(11)19-10/h10-12,18H,2-9H2,1H3,(H2,15,16,17). The van der Waals surface area contributed by atoms with E-state index >= 15 is 0 Å². The van der Waals surface area contributed by atoms with Crippen LogP contribution >= 0.6 is 0 Å². The molecule has 3 atom stereocenters. The first-order valence-electron chi connectivity index (χ1n) is 7.61. The third kappa shape index (κ3) is 2.87. The molecular weight excluding hydrogens is 242 g/mol. The fourth-order valence-electron chi connectivity index (χ4n) is 3.25. The third-order valence-corrected chi connectivity index (χ3v) is 4.59. The molecule has 5 nitrogen and oxygen atoms in total. The van der Waals surface area contributed by atoms with Crippen LogP contribution in [0.5, 0.6) is 0 Å². The molecule has 108 valence electrons. The number of nitrogens with one attached hydrogen (secondary N) is 2.